The molecule has 0 saturated heterocycles. The van der Waals surface area contributed by atoms with Crippen molar-refractivity contribution in [3.63, 3.8) is 0 Å². The Morgan fingerprint density at radius 2 is 2.16 bits per heavy atom. The quantitative estimate of drug-likeness (QED) is 0.880. The van der Waals surface area contributed by atoms with Crippen LogP contribution in [0.15, 0.2) is 29.0 Å². The second kappa shape index (κ2) is 6.62. The van der Waals surface area contributed by atoms with E-state index in [1.807, 2.05) is 24.4 Å². The van der Waals surface area contributed by atoms with Gasteiger partial charge in [0.1, 0.15) is 12.4 Å². The van der Waals surface area contributed by atoms with E-state index in [0.29, 0.717) is 28.8 Å². The van der Waals surface area contributed by atoms with Crippen LogP contribution in [-0.4, -0.2) is 6.04 Å². The number of halogens is 2. The lowest BCUT2D eigenvalue weighted by atomic mass is 10.1. The zero-order valence-electron chi connectivity index (χ0n) is 10.5. The molecular formula is C14H15Cl2NOS. The van der Waals surface area contributed by atoms with Crippen molar-refractivity contribution in [1.29, 1.82) is 0 Å². The molecule has 1 atom stereocenters. The highest BCUT2D eigenvalue weighted by molar-refractivity contribution is 7.07. The van der Waals surface area contributed by atoms with E-state index in [1.54, 1.807) is 17.4 Å². The van der Waals surface area contributed by atoms with Crippen LogP contribution >= 0.6 is 34.5 Å². The van der Waals surface area contributed by atoms with Crippen LogP contribution in [0.2, 0.25) is 10.0 Å². The van der Waals surface area contributed by atoms with Crippen LogP contribution in [0.5, 0.6) is 5.75 Å². The van der Waals surface area contributed by atoms with Crippen molar-refractivity contribution in [3.8, 4) is 5.75 Å². The lowest BCUT2D eigenvalue weighted by Gasteiger charge is -2.15. The Balaban J connectivity index is 2.21. The van der Waals surface area contributed by atoms with Gasteiger partial charge in [-0.25, -0.2) is 0 Å². The Morgan fingerprint density at radius 3 is 2.79 bits per heavy atom. The van der Waals surface area contributed by atoms with Crippen molar-refractivity contribution in [1.82, 2.24) is 0 Å². The normalized spacial score (nSPS) is 12.4. The van der Waals surface area contributed by atoms with Gasteiger partial charge in [0.15, 0.2) is 0 Å². The summed E-state index contributed by atoms with van der Waals surface area (Å²) in [4.78, 5) is 0. The molecule has 2 rings (SSSR count). The Hall–Kier alpha value is -0.740. The van der Waals surface area contributed by atoms with Gasteiger partial charge in [-0.2, -0.15) is 11.3 Å². The zero-order chi connectivity index (χ0) is 13.8. The molecule has 0 aliphatic rings. The summed E-state index contributed by atoms with van der Waals surface area (Å²) in [6.45, 7) is 2.44. The molecule has 2 nitrogen and oxygen atoms in total. The number of thiophene rings is 1. The van der Waals surface area contributed by atoms with E-state index >= 15 is 0 Å². The van der Waals surface area contributed by atoms with Crippen molar-refractivity contribution in [2.75, 3.05) is 0 Å². The van der Waals surface area contributed by atoms with Gasteiger partial charge < -0.3 is 10.5 Å². The lowest BCUT2D eigenvalue weighted by molar-refractivity contribution is 0.303. The minimum Gasteiger partial charge on any atom is -0.487 e. The molecule has 0 saturated carbocycles. The molecule has 0 aliphatic heterocycles. The smallest absolute Gasteiger partial charge is 0.141 e. The first-order valence-corrected chi connectivity index (χ1v) is 7.63. The Labute approximate surface area is 127 Å². The van der Waals surface area contributed by atoms with Crippen molar-refractivity contribution in [2.45, 2.75) is 26.0 Å². The standard InChI is InChI=1S/C14H15Cl2NOS/c1-9(17)4-11-5-12(15)6-13(16)14(11)18-7-10-2-3-19-8-10/h2-3,5-6,8-9H,4,7,17H2,1H3. The molecule has 1 heterocycles. The Bertz CT molecular complexity index is 541. The van der Waals surface area contributed by atoms with Crippen molar-refractivity contribution in [2.24, 2.45) is 5.73 Å². The van der Waals surface area contributed by atoms with E-state index in [9.17, 15) is 0 Å². The second-order valence-corrected chi connectivity index (χ2v) is 6.10. The molecule has 0 fully saturated rings. The third-order valence-electron chi connectivity index (χ3n) is 2.59. The number of nitrogens with two attached hydrogens (primary N) is 1. The van der Waals surface area contributed by atoms with Gasteiger partial charge in [-0.1, -0.05) is 23.2 Å². The average molecular weight is 316 g/mol. The fraction of sp³-hybridized carbons (Fsp3) is 0.286. The maximum Gasteiger partial charge on any atom is 0.141 e. The summed E-state index contributed by atoms with van der Waals surface area (Å²) in [6, 6.07) is 5.61. The van der Waals surface area contributed by atoms with Gasteiger partial charge in [0.05, 0.1) is 5.02 Å². The van der Waals surface area contributed by atoms with Gasteiger partial charge >= 0.3 is 0 Å². The first-order valence-electron chi connectivity index (χ1n) is 5.93. The molecule has 19 heavy (non-hydrogen) atoms. The predicted octanol–water partition coefficient (Wildman–Crippen LogP) is 4.52. The summed E-state index contributed by atoms with van der Waals surface area (Å²) >= 11 is 13.9. The van der Waals surface area contributed by atoms with E-state index < -0.39 is 0 Å². The van der Waals surface area contributed by atoms with Crippen molar-refractivity contribution >= 4 is 34.5 Å². The van der Waals surface area contributed by atoms with Crippen LogP contribution in [0.4, 0.5) is 0 Å². The van der Waals surface area contributed by atoms with E-state index in [0.717, 1.165) is 11.1 Å². The van der Waals surface area contributed by atoms with Crippen molar-refractivity contribution in [3.05, 3.63) is 50.1 Å². The third-order valence-corrected chi connectivity index (χ3v) is 3.82. The SMILES string of the molecule is CC(N)Cc1cc(Cl)cc(Cl)c1OCc1ccsc1. The van der Waals surface area contributed by atoms with Gasteiger partial charge in [-0.3, -0.25) is 0 Å². The van der Waals surface area contributed by atoms with E-state index in [-0.39, 0.29) is 6.04 Å². The molecule has 0 spiro atoms. The molecule has 2 N–H and O–H groups in total. The molecule has 2 aromatic rings. The maximum atomic E-state index is 6.21. The van der Waals surface area contributed by atoms with E-state index in [1.165, 1.54) is 0 Å². The summed E-state index contributed by atoms with van der Waals surface area (Å²) in [6.07, 6.45) is 0.680. The second-order valence-electron chi connectivity index (χ2n) is 4.48. The molecule has 0 radical (unpaired) electrons. The zero-order valence-corrected chi connectivity index (χ0v) is 12.9. The molecule has 1 aromatic carbocycles. The summed E-state index contributed by atoms with van der Waals surface area (Å²) in [5.41, 5.74) is 7.92. The topological polar surface area (TPSA) is 35.2 Å². The summed E-state index contributed by atoms with van der Waals surface area (Å²) in [5.74, 6) is 0.676. The Morgan fingerprint density at radius 1 is 1.37 bits per heavy atom. The van der Waals surface area contributed by atoms with Crippen LogP contribution in [-0.2, 0) is 13.0 Å². The van der Waals surface area contributed by atoms with Crippen LogP contribution in [0, 0.1) is 0 Å². The molecule has 1 unspecified atom stereocenters. The summed E-state index contributed by atoms with van der Waals surface area (Å²) in [5, 5.41) is 5.20. The fourth-order valence-electron chi connectivity index (χ4n) is 1.80. The van der Waals surface area contributed by atoms with Crippen LogP contribution in [0.25, 0.3) is 0 Å². The highest BCUT2D eigenvalue weighted by Crippen LogP contribution is 2.33. The number of ether oxygens (including phenoxy) is 1. The number of benzene rings is 1. The fourth-order valence-corrected chi connectivity index (χ4v) is 3.05. The predicted molar refractivity (Wildman–Crippen MR) is 82.5 cm³/mol. The maximum absolute atomic E-state index is 6.21. The minimum atomic E-state index is 0.0260. The third kappa shape index (κ3) is 4.11. The molecular weight excluding hydrogens is 301 g/mol. The molecule has 5 heteroatoms. The number of rotatable bonds is 5. The molecule has 0 amide bonds. The molecule has 1 aromatic heterocycles. The van der Waals surface area contributed by atoms with Gasteiger partial charge in [0.25, 0.3) is 0 Å². The van der Waals surface area contributed by atoms with Gasteiger partial charge in [0.2, 0.25) is 0 Å². The van der Waals surface area contributed by atoms with Crippen LogP contribution in [0.3, 0.4) is 0 Å². The number of hydrogen-bond donors (Lipinski definition) is 1. The van der Waals surface area contributed by atoms with Gasteiger partial charge in [-0.05, 0) is 53.4 Å². The Kier molecular flexibility index (Phi) is 5.11. The highest BCUT2D eigenvalue weighted by Gasteiger charge is 2.12. The monoisotopic (exact) mass is 315 g/mol. The highest BCUT2D eigenvalue weighted by atomic mass is 35.5. The molecule has 0 bridgehead atoms. The van der Waals surface area contributed by atoms with Crippen molar-refractivity contribution < 1.29 is 4.74 Å². The lowest BCUT2D eigenvalue weighted by Crippen LogP contribution is -2.18. The molecule has 102 valence electrons. The summed E-state index contributed by atoms with van der Waals surface area (Å²) in [7, 11) is 0. The van der Waals surface area contributed by atoms with Gasteiger partial charge in [-0.15, -0.1) is 0 Å². The van der Waals surface area contributed by atoms with E-state index in [4.69, 9.17) is 33.7 Å². The first-order chi connectivity index (χ1) is 9.06. The largest absolute Gasteiger partial charge is 0.487 e. The van der Waals surface area contributed by atoms with E-state index in [2.05, 4.69) is 5.38 Å². The number of hydrogen-bond acceptors (Lipinski definition) is 3. The van der Waals surface area contributed by atoms with Gasteiger partial charge in [0, 0.05) is 11.1 Å². The minimum absolute atomic E-state index is 0.0260. The molecule has 0 aliphatic carbocycles. The van der Waals surface area contributed by atoms with Crippen LogP contribution < -0.4 is 10.5 Å². The van der Waals surface area contributed by atoms with Crippen LogP contribution in [0.1, 0.15) is 18.1 Å². The summed E-state index contributed by atoms with van der Waals surface area (Å²) < 4.78 is 5.83. The first kappa shape index (κ1) is 14.7. The average Bonchev–Trinajstić information content (AvgIpc) is 2.79.